The molecule has 4 atom stereocenters. The summed E-state index contributed by atoms with van der Waals surface area (Å²) in [6.45, 7) is 6.66. The Morgan fingerprint density at radius 1 is 1.17 bits per heavy atom. The van der Waals surface area contributed by atoms with Crippen molar-refractivity contribution in [3.63, 3.8) is 0 Å². The standard InChI is InChI=1S/C32H41NO9/c1-5-6-15-39-26(34)19-32(37,12-7-10-30(2,3)36)29(35)42-28-25(38-4)18-31-11-8-13-33(31)14-9-21-16-23-24(41-20-40-23)17-22(21)27(28)31/h16-18,27-28,36-37H,7-15,19-20H2,1-4H3/t27-,28?,31?,32-/m1/s1. The molecular formula is C32H41NO9. The Morgan fingerprint density at radius 2 is 1.93 bits per heavy atom. The maximum absolute atomic E-state index is 13.9. The lowest BCUT2D eigenvalue weighted by Gasteiger charge is -2.39. The van der Waals surface area contributed by atoms with E-state index in [9.17, 15) is 19.8 Å². The highest BCUT2D eigenvalue weighted by molar-refractivity contribution is 5.86. The molecule has 4 aliphatic rings. The highest BCUT2D eigenvalue weighted by Crippen LogP contribution is 2.55. The van der Waals surface area contributed by atoms with Crippen LogP contribution >= 0.6 is 0 Å². The third-order valence-corrected chi connectivity index (χ3v) is 8.88. The van der Waals surface area contributed by atoms with Crippen LogP contribution in [0.15, 0.2) is 24.0 Å². The van der Waals surface area contributed by atoms with Gasteiger partial charge in [-0.2, -0.15) is 0 Å². The van der Waals surface area contributed by atoms with Gasteiger partial charge in [-0.3, -0.25) is 9.69 Å². The molecule has 3 heterocycles. The lowest BCUT2D eigenvalue weighted by atomic mass is 9.77. The topological polar surface area (TPSA) is 124 Å². The molecule has 10 heteroatoms. The molecule has 3 aliphatic heterocycles. The third-order valence-electron chi connectivity index (χ3n) is 8.88. The van der Waals surface area contributed by atoms with E-state index in [1.807, 2.05) is 12.1 Å². The van der Waals surface area contributed by atoms with Crippen molar-refractivity contribution in [1.29, 1.82) is 0 Å². The van der Waals surface area contributed by atoms with E-state index in [-0.39, 0.29) is 32.2 Å². The zero-order chi connectivity index (χ0) is 30.1. The minimum atomic E-state index is -2.17. The molecule has 228 valence electrons. The Bertz CT molecular complexity index is 1310. The summed E-state index contributed by atoms with van der Waals surface area (Å²) in [5, 5.41) is 21.9. The van der Waals surface area contributed by atoms with Gasteiger partial charge in [0.15, 0.2) is 29.8 Å². The first-order chi connectivity index (χ1) is 20.0. The number of hydrogen-bond acceptors (Lipinski definition) is 10. The normalized spacial score (nSPS) is 25.5. The first kappa shape index (κ1) is 30.2. The van der Waals surface area contributed by atoms with Gasteiger partial charge in [0.1, 0.15) is 5.76 Å². The molecule has 1 aromatic carbocycles. The van der Waals surface area contributed by atoms with E-state index in [2.05, 4.69) is 22.8 Å². The van der Waals surface area contributed by atoms with Crippen molar-refractivity contribution in [2.75, 3.05) is 33.6 Å². The molecule has 1 fully saturated rings. The second kappa shape index (κ2) is 11.8. The van der Waals surface area contributed by atoms with Gasteiger partial charge in [-0.25, -0.2) is 4.79 Å². The van der Waals surface area contributed by atoms with Crippen LogP contribution in [0, 0.1) is 11.8 Å². The summed E-state index contributed by atoms with van der Waals surface area (Å²) >= 11 is 0. The van der Waals surface area contributed by atoms with E-state index in [0.29, 0.717) is 23.7 Å². The quantitative estimate of drug-likeness (QED) is 0.314. The molecular weight excluding hydrogens is 542 g/mol. The summed E-state index contributed by atoms with van der Waals surface area (Å²) in [6, 6.07) is 4.00. The first-order valence-electron chi connectivity index (χ1n) is 14.6. The molecule has 2 unspecified atom stereocenters. The van der Waals surface area contributed by atoms with Crippen molar-refractivity contribution in [3.8, 4) is 23.3 Å². The van der Waals surface area contributed by atoms with Crippen LogP contribution in [0.1, 0.15) is 76.3 Å². The van der Waals surface area contributed by atoms with Gasteiger partial charge in [-0.15, -0.1) is 5.92 Å². The van der Waals surface area contributed by atoms with Crippen LogP contribution in [0.2, 0.25) is 0 Å². The monoisotopic (exact) mass is 583 g/mol. The van der Waals surface area contributed by atoms with Gasteiger partial charge in [0.2, 0.25) is 6.79 Å². The fourth-order valence-electron chi connectivity index (χ4n) is 6.87. The van der Waals surface area contributed by atoms with Crippen molar-refractivity contribution in [2.24, 2.45) is 0 Å². The number of esters is 2. The fraction of sp³-hybridized carbons (Fsp3) is 0.625. The number of methoxy groups -OCH3 is 1. The summed E-state index contributed by atoms with van der Waals surface area (Å²) in [7, 11) is 1.55. The molecule has 0 radical (unpaired) electrons. The minimum Gasteiger partial charge on any atom is -0.497 e. The number of ether oxygens (including phenoxy) is 5. The molecule has 1 spiro atoms. The number of carbonyl (C=O) groups excluding carboxylic acids is 2. The number of fused-ring (bicyclic) bond motifs is 3. The number of rotatable bonds is 10. The van der Waals surface area contributed by atoms with Gasteiger partial charge in [0.05, 0.1) is 30.6 Å². The van der Waals surface area contributed by atoms with Gasteiger partial charge in [0, 0.05) is 6.54 Å². The number of aliphatic hydroxyl groups is 2. The fourth-order valence-corrected chi connectivity index (χ4v) is 6.87. The average Bonchev–Trinajstić information content (AvgIpc) is 3.61. The van der Waals surface area contributed by atoms with Gasteiger partial charge >= 0.3 is 11.9 Å². The van der Waals surface area contributed by atoms with Crippen LogP contribution in [0.25, 0.3) is 0 Å². The molecule has 0 bridgehead atoms. The second-order valence-electron chi connectivity index (χ2n) is 12.3. The van der Waals surface area contributed by atoms with Crippen LogP contribution < -0.4 is 9.47 Å². The number of benzene rings is 1. The molecule has 10 nitrogen and oxygen atoms in total. The van der Waals surface area contributed by atoms with E-state index in [4.69, 9.17) is 23.7 Å². The molecule has 1 aliphatic carbocycles. The van der Waals surface area contributed by atoms with Crippen LogP contribution in [0.5, 0.6) is 11.5 Å². The number of nitrogens with zero attached hydrogens (tertiary/aromatic N) is 1. The smallest absolute Gasteiger partial charge is 0.339 e. The summed E-state index contributed by atoms with van der Waals surface area (Å²) in [4.78, 5) is 29.0. The van der Waals surface area contributed by atoms with E-state index in [1.54, 1.807) is 27.9 Å². The molecule has 0 amide bonds. The van der Waals surface area contributed by atoms with Crippen molar-refractivity contribution >= 4 is 11.9 Å². The summed E-state index contributed by atoms with van der Waals surface area (Å²) in [5.74, 6) is 5.12. The van der Waals surface area contributed by atoms with Crippen molar-refractivity contribution in [2.45, 2.75) is 94.5 Å². The highest BCUT2D eigenvalue weighted by Gasteiger charge is 2.59. The summed E-state index contributed by atoms with van der Waals surface area (Å²) in [6.07, 6.45) is 3.77. The maximum atomic E-state index is 13.9. The van der Waals surface area contributed by atoms with Crippen LogP contribution in [0.3, 0.4) is 0 Å². The minimum absolute atomic E-state index is 0.0969. The zero-order valence-electron chi connectivity index (χ0n) is 24.9. The van der Waals surface area contributed by atoms with Gasteiger partial charge in [-0.1, -0.05) is 5.92 Å². The Labute approximate surface area is 246 Å². The van der Waals surface area contributed by atoms with Crippen molar-refractivity contribution in [1.82, 2.24) is 4.90 Å². The highest BCUT2D eigenvalue weighted by atomic mass is 16.7. The molecule has 1 saturated heterocycles. The summed E-state index contributed by atoms with van der Waals surface area (Å²) < 4.78 is 28.6. The summed E-state index contributed by atoms with van der Waals surface area (Å²) in [5.41, 5.74) is -1.53. The predicted octanol–water partition coefficient (Wildman–Crippen LogP) is 2.97. The molecule has 2 N–H and O–H groups in total. The molecule has 0 saturated carbocycles. The predicted molar refractivity (Wildman–Crippen MR) is 152 cm³/mol. The van der Waals surface area contributed by atoms with Crippen molar-refractivity contribution < 1.29 is 43.5 Å². The van der Waals surface area contributed by atoms with Gasteiger partial charge in [-0.05, 0) is 95.2 Å². The Morgan fingerprint density at radius 3 is 2.64 bits per heavy atom. The second-order valence-corrected chi connectivity index (χ2v) is 12.3. The van der Waals surface area contributed by atoms with Gasteiger partial charge in [0.25, 0.3) is 0 Å². The van der Waals surface area contributed by atoms with E-state index in [1.165, 1.54) is 0 Å². The lowest BCUT2D eigenvalue weighted by Crippen LogP contribution is -2.49. The molecule has 1 aromatic rings. The van der Waals surface area contributed by atoms with Crippen LogP contribution in [-0.2, 0) is 30.2 Å². The number of hydrogen-bond donors (Lipinski definition) is 2. The Kier molecular flexibility index (Phi) is 8.48. The Hall–Kier alpha value is -3.26. The van der Waals surface area contributed by atoms with E-state index >= 15 is 0 Å². The average molecular weight is 584 g/mol. The van der Waals surface area contributed by atoms with E-state index in [0.717, 1.165) is 43.5 Å². The first-order valence-corrected chi connectivity index (χ1v) is 14.6. The van der Waals surface area contributed by atoms with Crippen LogP contribution in [0.4, 0.5) is 0 Å². The molecule has 42 heavy (non-hydrogen) atoms. The lowest BCUT2D eigenvalue weighted by molar-refractivity contribution is -0.179. The van der Waals surface area contributed by atoms with Crippen molar-refractivity contribution in [3.05, 3.63) is 35.1 Å². The Balaban J connectivity index is 1.47. The third kappa shape index (κ3) is 5.83. The van der Waals surface area contributed by atoms with Crippen LogP contribution in [-0.4, -0.2) is 83.5 Å². The zero-order valence-corrected chi connectivity index (χ0v) is 24.9. The number of carbonyl (C=O) groups is 2. The van der Waals surface area contributed by atoms with E-state index < -0.39 is 41.2 Å². The SMILES string of the molecule is CC#CCOC(=O)C[C@](O)(CCCC(C)(C)O)C(=O)OC1C(OC)=CC23CCCN2CCc2cc4c(cc2[C@H]13)OCO4. The largest absolute Gasteiger partial charge is 0.497 e. The molecule has 0 aromatic heterocycles. The molecule has 5 rings (SSSR count). The van der Waals surface area contributed by atoms with Gasteiger partial charge < -0.3 is 33.9 Å². The maximum Gasteiger partial charge on any atom is 0.339 e.